The van der Waals surface area contributed by atoms with Gasteiger partial charge in [0.1, 0.15) is 12.4 Å². The molecular formula is C22H26N4O4S2. The Balaban J connectivity index is 1.41. The lowest BCUT2D eigenvalue weighted by molar-refractivity contribution is 0.0784. The fraction of sp³-hybridized carbons (Fsp3) is 0.409. The normalized spacial score (nSPS) is 17.4. The Labute approximate surface area is 191 Å². The smallest absolute Gasteiger partial charge is 0.253 e. The molecule has 32 heavy (non-hydrogen) atoms. The highest BCUT2D eigenvalue weighted by atomic mass is 32.2. The zero-order valence-electron chi connectivity index (χ0n) is 18.3. The van der Waals surface area contributed by atoms with Gasteiger partial charge in [0.25, 0.3) is 5.91 Å². The van der Waals surface area contributed by atoms with Crippen molar-refractivity contribution in [1.82, 2.24) is 19.7 Å². The van der Waals surface area contributed by atoms with Gasteiger partial charge < -0.3 is 9.64 Å². The molecule has 1 fully saturated rings. The second-order valence-electron chi connectivity index (χ2n) is 8.10. The Bertz CT molecular complexity index is 1200. The fourth-order valence-electron chi connectivity index (χ4n) is 3.94. The van der Waals surface area contributed by atoms with Gasteiger partial charge in [0, 0.05) is 35.8 Å². The highest BCUT2D eigenvalue weighted by Crippen LogP contribution is 2.27. The number of hydrogen-bond donors (Lipinski definition) is 0. The van der Waals surface area contributed by atoms with E-state index in [1.165, 1.54) is 11.3 Å². The van der Waals surface area contributed by atoms with E-state index >= 15 is 0 Å². The van der Waals surface area contributed by atoms with Crippen molar-refractivity contribution < 1.29 is 17.9 Å². The fourth-order valence-corrected chi connectivity index (χ4v) is 6.17. The first-order valence-corrected chi connectivity index (χ1v) is 13.1. The molecule has 1 aromatic carbocycles. The Morgan fingerprint density at radius 1 is 1.28 bits per heavy atom. The van der Waals surface area contributed by atoms with E-state index in [4.69, 9.17) is 4.74 Å². The zero-order chi connectivity index (χ0) is 22.9. The maximum atomic E-state index is 12.9. The number of rotatable bonds is 7. The number of thiazole rings is 1. The third-order valence-electron chi connectivity index (χ3n) is 5.74. The van der Waals surface area contributed by atoms with Gasteiger partial charge in [-0.25, -0.2) is 13.4 Å². The summed E-state index contributed by atoms with van der Waals surface area (Å²) in [5, 5.41) is 6.52. The van der Waals surface area contributed by atoms with Crippen molar-refractivity contribution in [2.45, 2.75) is 39.5 Å². The molecule has 10 heteroatoms. The molecule has 3 heterocycles. The van der Waals surface area contributed by atoms with Gasteiger partial charge in [-0.2, -0.15) is 5.10 Å². The van der Waals surface area contributed by atoms with Gasteiger partial charge in [-0.3, -0.25) is 9.48 Å². The van der Waals surface area contributed by atoms with Gasteiger partial charge in [-0.15, -0.1) is 11.3 Å². The van der Waals surface area contributed by atoms with Crippen LogP contribution in [0.4, 0.5) is 0 Å². The first-order chi connectivity index (χ1) is 15.2. The van der Waals surface area contributed by atoms with Gasteiger partial charge in [-0.1, -0.05) is 0 Å². The molecule has 1 aliphatic rings. The molecule has 1 unspecified atom stereocenters. The molecule has 0 spiro atoms. The SMILES string of the molecule is Cc1nn(C2CCS(=O)(=O)C2)c(C)c1CN(C)C(=O)c1ccc(OCc2cscn2)cc1. The van der Waals surface area contributed by atoms with E-state index in [0.29, 0.717) is 30.9 Å². The van der Waals surface area contributed by atoms with Crippen molar-refractivity contribution in [2.75, 3.05) is 18.6 Å². The number of amides is 1. The third kappa shape index (κ3) is 4.86. The number of nitrogens with zero attached hydrogens (tertiary/aromatic N) is 4. The van der Waals surface area contributed by atoms with Crippen LogP contribution in [0, 0.1) is 13.8 Å². The maximum absolute atomic E-state index is 12.9. The average Bonchev–Trinajstić information content (AvgIpc) is 3.48. The lowest BCUT2D eigenvalue weighted by Crippen LogP contribution is -2.26. The summed E-state index contributed by atoms with van der Waals surface area (Å²) < 4.78 is 31.2. The van der Waals surface area contributed by atoms with Crippen molar-refractivity contribution in [3.63, 3.8) is 0 Å². The molecule has 1 saturated heterocycles. The molecule has 0 saturated carbocycles. The van der Waals surface area contributed by atoms with Crippen LogP contribution in [0.3, 0.4) is 0 Å². The molecule has 1 aliphatic heterocycles. The summed E-state index contributed by atoms with van der Waals surface area (Å²) in [6.45, 7) is 4.63. The lowest BCUT2D eigenvalue weighted by Gasteiger charge is -2.18. The van der Waals surface area contributed by atoms with Gasteiger partial charge in [-0.05, 0) is 44.5 Å². The summed E-state index contributed by atoms with van der Waals surface area (Å²) >= 11 is 1.52. The van der Waals surface area contributed by atoms with E-state index in [0.717, 1.165) is 22.6 Å². The topological polar surface area (TPSA) is 94.4 Å². The minimum Gasteiger partial charge on any atom is -0.487 e. The van der Waals surface area contributed by atoms with E-state index in [2.05, 4.69) is 10.1 Å². The van der Waals surface area contributed by atoms with Crippen LogP contribution in [0.2, 0.25) is 0 Å². The zero-order valence-corrected chi connectivity index (χ0v) is 19.9. The summed E-state index contributed by atoms with van der Waals surface area (Å²) in [5.74, 6) is 0.899. The Kier molecular flexibility index (Phi) is 6.34. The van der Waals surface area contributed by atoms with Crippen LogP contribution in [-0.2, 0) is 23.0 Å². The number of sulfone groups is 1. The van der Waals surface area contributed by atoms with Crippen LogP contribution >= 0.6 is 11.3 Å². The predicted octanol–water partition coefficient (Wildman–Crippen LogP) is 3.17. The van der Waals surface area contributed by atoms with E-state index < -0.39 is 9.84 Å². The van der Waals surface area contributed by atoms with Crippen LogP contribution in [0.1, 0.15) is 45.5 Å². The molecule has 4 rings (SSSR count). The summed E-state index contributed by atoms with van der Waals surface area (Å²) in [5.41, 5.74) is 5.88. The molecular weight excluding hydrogens is 448 g/mol. The van der Waals surface area contributed by atoms with Gasteiger partial charge in [0.05, 0.1) is 34.4 Å². The summed E-state index contributed by atoms with van der Waals surface area (Å²) in [6, 6.07) is 6.93. The Hall–Kier alpha value is -2.72. The molecule has 8 nitrogen and oxygen atoms in total. The van der Waals surface area contributed by atoms with Crippen molar-refractivity contribution >= 4 is 27.1 Å². The number of aryl methyl sites for hydroxylation is 1. The van der Waals surface area contributed by atoms with E-state index in [-0.39, 0.29) is 23.5 Å². The molecule has 0 aliphatic carbocycles. The number of hydrogen-bond acceptors (Lipinski definition) is 7. The van der Waals surface area contributed by atoms with Gasteiger partial charge >= 0.3 is 0 Å². The van der Waals surface area contributed by atoms with Crippen LogP contribution in [0.25, 0.3) is 0 Å². The van der Waals surface area contributed by atoms with Crippen molar-refractivity contribution in [3.8, 4) is 5.75 Å². The maximum Gasteiger partial charge on any atom is 0.253 e. The van der Waals surface area contributed by atoms with Crippen molar-refractivity contribution in [1.29, 1.82) is 0 Å². The minimum atomic E-state index is -3.00. The molecule has 3 aromatic rings. The molecule has 0 N–H and O–H groups in total. The molecule has 1 atom stereocenters. The van der Waals surface area contributed by atoms with Crippen LogP contribution in [-0.4, -0.2) is 52.5 Å². The quantitative estimate of drug-likeness (QED) is 0.522. The second kappa shape index (κ2) is 9.03. The Morgan fingerprint density at radius 3 is 2.66 bits per heavy atom. The monoisotopic (exact) mass is 474 g/mol. The highest BCUT2D eigenvalue weighted by molar-refractivity contribution is 7.91. The van der Waals surface area contributed by atoms with Crippen LogP contribution < -0.4 is 4.74 Å². The predicted molar refractivity (Wildman–Crippen MR) is 123 cm³/mol. The van der Waals surface area contributed by atoms with E-state index in [1.807, 2.05) is 23.9 Å². The van der Waals surface area contributed by atoms with Crippen LogP contribution in [0.15, 0.2) is 35.2 Å². The summed E-state index contributed by atoms with van der Waals surface area (Å²) in [4.78, 5) is 18.8. The third-order valence-corrected chi connectivity index (χ3v) is 8.13. The molecule has 0 radical (unpaired) electrons. The van der Waals surface area contributed by atoms with Crippen molar-refractivity contribution in [2.24, 2.45) is 0 Å². The first kappa shape index (κ1) is 22.5. The highest BCUT2D eigenvalue weighted by Gasteiger charge is 2.31. The largest absolute Gasteiger partial charge is 0.487 e. The summed E-state index contributed by atoms with van der Waals surface area (Å²) in [6.07, 6.45) is 0.579. The van der Waals surface area contributed by atoms with Gasteiger partial charge in [0.15, 0.2) is 9.84 Å². The number of aromatic nitrogens is 3. The molecule has 170 valence electrons. The number of carbonyl (C=O) groups is 1. The van der Waals surface area contributed by atoms with E-state index in [1.54, 1.807) is 41.7 Å². The summed E-state index contributed by atoms with van der Waals surface area (Å²) in [7, 11) is -1.24. The molecule has 2 aromatic heterocycles. The first-order valence-electron chi connectivity index (χ1n) is 10.3. The number of carbonyl (C=O) groups excluding carboxylic acids is 1. The Morgan fingerprint density at radius 2 is 2.03 bits per heavy atom. The standard InChI is InChI=1S/C22H26N4O4S2/c1-15-21(16(2)26(24-15)19-8-9-32(28,29)13-19)10-25(3)22(27)17-4-6-20(7-5-17)30-11-18-12-31-14-23-18/h4-7,12,14,19H,8-11,13H2,1-3H3. The number of ether oxygens (including phenoxy) is 1. The van der Waals surface area contributed by atoms with Crippen molar-refractivity contribution in [3.05, 3.63) is 63.4 Å². The lowest BCUT2D eigenvalue weighted by atomic mass is 10.1. The van der Waals surface area contributed by atoms with Gasteiger partial charge in [0.2, 0.25) is 0 Å². The average molecular weight is 475 g/mol. The molecule has 1 amide bonds. The second-order valence-corrected chi connectivity index (χ2v) is 11.1. The minimum absolute atomic E-state index is 0.106. The molecule has 0 bridgehead atoms. The van der Waals surface area contributed by atoms with E-state index in [9.17, 15) is 13.2 Å². The number of benzene rings is 1. The van der Waals surface area contributed by atoms with Crippen LogP contribution in [0.5, 0.6) is 5.75 Å².